The van der Waals surface area contributed by atoms with Crippen LogP contribution in [-0.4, -0.2) is 26.4 Å². The first kappa shape index (κ1) is 21.9. The highest BCUT2D eigenvalue weighted by Gasteiger charge is 2.36. The van der Waals surface area contributed by atoms with Crippen molar-refractivity contribution >= 4 is 34.7 Å². The summed E-state index contributed by atoms with van der Waals surface area (Å²) in [7, 11) is 1.74. The number of aromatic nitrogens is 3. The maximum atomic E-state index is 13.5. The van der Waals surface area contributed by atoms with E-state index in [1.807, 2.05) is 0 Å². The molecule has 0 atom stereocenters. The van der Waals surface area contributed by atoms with Crippen molar-refractivity contribution in [3.05, 3.63) is 46.1 Å². The largest absolute Gasteiger partial charge is 0.417 e. The Balaban J connectivity index is 1.90. The Kier molecular flexibility index (Phi) is 6.19. The number of hydrogen-bond acceptors (Lipinski definition) is 6. The topological polar surface area (TPSA) is 83.6 Å². The molecule has 6 nitrogen and oxygen atoms in total. The second-order valence-corrected chi connectivity index (χ2v) is 8.24. The van der Waals surface area contributed by atoms with Crippen molar-refractivity contribution in [3.63, 3.8) is 0 Å². The minimum Gasteiger partial charge on any atom is -0.322 e. The van der Waals surface area contributed by atoms with Crippen LogP contribution >= 0.6 is 23.1 Å². The zero-order chi connectivity index (χ0) is 22.1. The van der Waals surface area contributed by atoms with Crippen LogP contribution in [0.5, 0.6) is 0 Å². The van der Waals surface area contributed by atoms with Crippen molar-refractivity contribution in [2.75, 3.05) is 11.1 Å². The monoisotopic (exact) mass is 451 g/mol. The number of carbonyl (C=O) groups is 1. The molecule has 30 heavy (non-hydrogen) atoms. The first-order valence-corrected chi connectivity index (χ1v) is 10.5. The molecule has 0 fully saturated rings. The fourth-order valence-corrected chi connectivity index (χ4v) is 4.26. The van der Waals surface area contributed by atoms with Gasteiger partial charge in [0.05, 0.1) is 44.5 Å². The van der Waals surface area contributed by atoms with Crippen molar-refractivity contribution < 1.29 is 18.0 Å². The number of thioether (sulfide) groups is 1. The number of carbonyl (C=O) groups excluding carboxylic acids is 1. The molecule has 0 saturated heterocycles. The minimum atomic E-state index is -4.72. The van der Waals surface area contributed by atoms with Crippen LogP contribution in [0.1, 0.15) is 22.5 Å². The third kappa shape index (κ3) is 4.49. The van der Waals surface area contributed by atoms with E-state index in [1.165, 1.54) is 11.3 Å². The molecule has 3 rings (SSSR count). The van der Waals surface area contributed by atoms with Gasteiger partial charge in [-0.25, -0.2) is 4.98 Å². The lowest BCUT2D eigenvalue weighted by Crippen LogP contribution is -2.16. The summed E-state index contributed by atoms with van der Waals surface area (Å²) in [6, 6.07) is 5.81. The molecule has 0 bridgehead atoms. The van der Waals surface area contributed by atoms with Gasteiger partial charge in [0.1, 0.15) is 11.1 Å². The predicted molar refractivity (Wildman–Crippen MR) is 109 cm³/mol. The lowest BCUT2D eigenvalue weighted by molar-refractivity contribution is -0.138. The zero-order valence-corrected chi connectivity index (χ0v) is 17.8. The minimum absolute atomic E-state index is 0.109. The fourth-order valence-electron chi connectivity index (χ4n) is 2.77. The maximum absolute atomic E-state index is 13.5. The molecule has 0 spiro atoms. The molecular formula is C19H16F3N5OS2. The van der Waals surface area contributed by atoms with Gasteiger partial charge >= 0.3 is 6.18 Å². The number of thiophene rings is 1. The Morgan fingerprint density at radius 2 is 2.13 bits per heavy atom. The van der Waals surface area contributed by atoms with E-state index in [4.69, 9.17) is 0 Å². The highest BCUT2D eigenvalue weighted by atomic mass is 32.2. The van der Waals surface area contributed by atoms with E-state index in [1.54, 1.807) is 49.2 Å². The first-order chi connectivity index (χ1) is 14.1. The van der Waals surface area contributed by atoms with Crippen LogP contribution in [0.15, 0.2) is 28.6 Å². The molecule has 0 unspecified atom stereocenters. The zero-order valence-electron chi connectivity index (χ0n) is 16.2. The van der Waals surface area contributed by atoms with Gasteiger partial charge in [0.25, 0.3) is 0 Å². The Bertz CT molecular complexity index is 1130. The van der Waals surface area contributed by atoms with Crippen molar-refractivity contribution in [1.82, 2.24) is 14.8 Å². The Morgan fingerprint density at radius 1 is 1.40 bits per heavy atom. The van der Waals surface area contributed by atoms with Crippen molar-refractivity contribution in [3.8, 4) is 16.6 Å². The molecule has 0 aliphatic heterocycles. The van der Waals surface area contributed by atoms with Crippen LogP contribution in [-0.2, 0) is 18.0 Å². The molecule has 0 aromatic carbocycles. The van der Waals surface area contributed by atoms with Crippen molar-refractivity contribution in [1.29, 1.82) is 5.26 Å². The van der Waals surface area contributed by atoms with E-state index >= 15 is 0 Å². The van der Waals surface area contributed by atoms with E-state index in [0.717, 1.165) is 23.5 Å². The molecule has 3 aromatic rings. The second-order valence-electron chi connectivity index (χ2n) is 6.33. The fraction of sp³-hybridized carbons (Fsp3) is 0.263. The molecule has 0 aliphatic carbocycles. The molecule has 0 aliphatic rings. The van der Waals surface area contributed by atoms with Gasteiger partial charge in [-0.15, -0.1) is 11.3 Å². The molecule has 156 valence electrons. The van der Waals surface area contributed by atoms with E-state index in [0.29, 0.717) is 16.3 Å². The first-order valence-electron chi connectivity index (χ1n) is 8.61. The number of aryl methyl sites for hydroxylation is 2. The smallest absolute Gasteiger partial charge is 0.322 e. The molecule has 3 heterocycles. The summed E-state index contributed by atoms with van der Waals surface area (Å²) in [5, 5.41) is 17.9. The van der Waals surface area contributed by atoms with Gasteiger partial charge in [0.2, 0.25) is 5.91 Å². The number of alkyl halides is 3. The Morgan fingerprint density at radius 3 is 2.67 bits per heavy atom. The van der Waals surface area contributed by atoms with Crippen LogP contribution in [0, 0.1) is 25.2 Å². The van der Waals surface area contributed by atoms with E-state index < -0.39 is 23.2 Å². The molecule has 3 aromatic heterocycles. The lowest BCUT2D eigenvalue weighted by atomic mass is 10.1. The molecule has 0 radical (unpaired) electrons. The normalized spacial score (nSPS) is 11.4. The van der Waals surface area contributed by atoms with E-state index in [-0.39, 0.29) is 16.5 Å². The summed E-state index contributed by atoms with van der Waals surface area (Å²) >= 11 is 2.03. The summed E-state index contributed by atoms with van der Waals surface area (Å²) in [5.41, 5.74) is 0.390. The standard InChI is InChI=1S/C19H16F3N5OS2/c1-10-17(11(2)27(3)26-10)25-16(28)9-30-18-12(8-23)13(19(20,21)22)7-14(24-18)15-5-4-6-29-15/h4-7H,9H2,1-3H3,(H,25,28). The number of rotatable bonds is 5. The molecule has 0 saturated carbocycles. The summed E-state index contributed by atoms with van der Waals surface area (Å²) in [6.07, 6.45) is -4.72. The number of nitrogens with zero attached hydrogens (tertiary/aromatic N) is 4. The molecule has 1 N–H and O–H groups in total. The maximum Gasteiger partial charge on any atom is 0.417 e. The highest BCUT2D eigenvalue weighted by Crippen LogP contribution is 2.38. The lowest BCUT2D eigenvalue weighted by Gasteiger charge is -2.13. The quantitative estimate of drug-likeness (QED) is 0.565. The summed E-state index contributed by atoms with van der Waals surface area (Å²) in [4.78, 5) is 17.2. The van der Waals surface area contributed by atoms with Crippen molar-refractivity contribution in [2.45, 2.75) is 25.0 Å². The van der Waals surface area contributed by atoms with Crippen LogP contribution in [0.4, 0.5) is 18.9 Å². The summed E-state index contributed by atoms with van der Waals surface area (Å²) < 4.78 is 42.2. The number of amides is 1. The number of nitriles is 1. The van der Waals surface area contributed by atoms with Gasteiger partial charge in [0.15, 0.2) is 0 Å². The number of hydrogen-bond donors (Lipinski definition) is 1. The van der Waals surface area contributed by atoms with E-state index in [9.17, 15) is 23.2 Å². The molecular weight excluding hydrogens is 435 g/mol. The Hall–Kier alpha value is -2.84. The van der Waals surface area contributed by atoms with Gasteiger partial charge in [0, 0.05) is 7.05 Å². The van der Waals surface area contributed by atoms with E-state index in [2.05, 4.69) is 15.4 Å². The van der Waals surface area contributed by atoms with Gasteiger partial charge in [-0.3, -0.25) is 9.48 Å². The van der Waals surface area contributed by atoms with Crippen LogP contribution in [0.2, 0.25) is 0 Å². The average Bonchev–Trinajstić information content (AvgIpc) is 3.30. The SMILES string of the molecule is Cc1nn(C)c(C)c1NC(=O)CSc1nc(-c2cccs2)cc(C(F)(F)F)c1C#N. The van der Waals surface area contributed by atoms with Crippen molar-refractivity contribution in [2.24, 2.45) is 7.05 Å². The number of halogens is 3. The van der Waals surface area contributed by atoms with Crippen LogP contribution < -0.4 is 5.32 Å². The van der Waals surface area contributed by atoms with Crippen LogP contribution in [0.25, 0.3) is 10.6 Å². The summed E-state index contributed by atoms with van der Waals surface area (Å²) in [5.74, 6) is -0.638. The molecule has 11 heteroatoms. The highest BCUT2D eigenvalue weighted by molar-refractivity contribution is 8.00. The average molecular weight is 451 g/mol. The van der Waals surface area contributed by atoms with Gasteiger partial charge in [-0.05, 0) is 31.4 Å². The van der Waals surface area contributed by atoms with Gasteiger partial charge < -0.3 is 5.32 Å². The second kappa shape index (κ2) is 8.49. The number of anilines is 1. The number of nitrogens with one attached hydrogen (secondary N) is 1. The molecule has 1 amide bonds. The summed E-state index contributed by atoms with van der Waals surface area (Å²) in [6.45, 7) is 3.53. The van der Waals surface area contributed by atoms with Crippen LogP contribution in [0.3, 0.4) is 0 Å². The third-order valence-electron chi connectivity index (χ3n) is 4.29. The Labute approximate surface area is 178 Å². The third-order valence-corrected chi connectivity index (χ3v) is 6.16. The van der Waals surface area contributed by atoms with Gasteiger partial charge in [-0.1, -0.05) is 17.8 Å². The number of pyridine rings is 1. The van der Waals surface area contributed by atoms with Gasteiger partial charge in [-0.2, -0.15) is 23.5 Å². The predicted octanol–water partition coefficient (Wildman–Crippen LogP) is 4.78.